The van der Waals surface area contributed by atoms with Crippen molar-refractivity contribution >= 4 is 58.1 Å². The van der Waals surface area contributed by atoms with E-state index in [1.165, 1.54) is 0 Å². The fourth-order valence-corrected chi connectivity index (χ4v) is 7.85. The number of ether oxygens (including phenoxy) is 1. The number of ketones is 1. The summed E-state index contributed by atoms with van der Waals surface area (Å²) >= 11 is 27.5. The van der Waals surface area contributed by atoms with E-state index in [1.54, 1.807) is 13.2 Å². The summed E-state index contributed by atoms with van der Waals surface area (Å²) in [6.07, 6.45) is 6.07. The van der Waals surface area contributed by atoms with Gasteiger partial charge in [-0.2, -0.15) is 0 Å². The van der Waals surface area contributed by atoms with Crippen molar-refractivity contribution in [2.24, 2.45) is 5.92 Å². The number of nitrogens with one attached hydrogen (secondary N) is 2. The van der Waals surface area contributed by atoms with Crippen molar-refractivity contribution in [3.63, 3.8) is 0 Å². The molecule has 0 radical (unpaired) electrons. The molecule has 1 aliphatic heterocycles. The van der Waals surface area contributed by atoms with Crippen LogP contribution in [-0.2, 0) is 22.6 Å². The molecule has 1 saturated carbocycles. The summed E-state index contributed by atoms with van der Waals surface area (Å²) in [5.41, 5.74) is 5.83. The predicted molar refractivity (Wildman–Crippen MR) is 193 cm³/mol. The molecule has 0 unspecified atom stereocenters. The fraction of sp³-hybridized carbons (Fsp3) is 0.351. The van der Waals surface area contributed by atoms with Crippen LogP contribution >= 0.6 is 46.4 Å². The number of carbonyl (C=O) groups excluding carboxylic acids is 2. The largest absolute Gasteiger partial charge is 0.481 e. The van der Waals surface area contributed by atoms with Crippen LogP contribution in [0.4, 0.5) is 0 Å². The number of amides is 1. The molecule has 11 heteroatoms. The number of hydrogen-bond acceptors (Lipinski definition) is 6. The molecule has 2 fully saturated rings. The zero-order chi connectivity index (χ0) is 33.8. The Hall–Kier alpha value is -3.20. The van der Waals surface area contributed by atoms with Crippen LogP contribution in [0.1, 0.15) is 56.1 Å². The smallest absolute Gasteiger partial charge is 0.220 e. The Morgan fingerprint density at radius 1 is 0.875 bits per heavy atom. The average Bonchev–Trinajstić information content (AvgIpc) is 3.69. The zero-order valence-electron chi connectivity index (χ0n) is 26.6. The van der Waals surface area contributed by atoms with Crippen molar-refractivity contribution in [3.8, 4) is 39.5 Å². The molecule has 3 heterocycles. The highest BCUT2D eigenvalue weighted by Gasteiger charge is 2.23. The normalized spacial score (nSPS) is 17.6. The Morgan fingerprint density at radius 2 is 1.58 bits per heavy atom. The summed E-state index contributed by atoms with van der Waals surface area (Å²) in [6.45, 7) is 1.37. The standard InChI is InChI=1S/C37H36Cl4N4O3/c1-48-37-22(20-42-19-21-11-14-24(46)17-21)12-15-31(45-37)28-9-3-6-25(34(28)39)26-7-4-10-29(35(26)40)32-18-30(38)27(36(41)44-32)8-2-5-23-13-16-33(47)43-23/h3-4,6-7,9-10,12,15,18,21,23,42H,2,5,8,11,13-14,16-17,19-20H2,1H3,(H,43,47)/t21-,23-/m1/s1. The van der Waals surface area contributed by atoms with Crippen LogP contribution in [0.3, 0.4) is 0 Å². The van der Waals surface area contributed by atoms with Gasteiger partial charge in [0.1, 0.15) is 10.9 Å². The number of methoxy groups -OCH3 is 1. The topological polar surface area (TPSA) is 93.2 Å². The second-order valence-corrected chi connectivity index (χ2v) is 14.0. The van der Waals surface area contributed by atoms with E-state index in [2.05, 4.69) is 15.6 Å². The van der Waals surface area contributed by atoms with Gasteiger partial charge in [-0.3, -0.25) is 9.59 Å². The quantitative estimate of drug-likeness (QED) is 0.142. The Balaban J connectivity index is 1.21. The predicted octanol–water partition coefficient (Wildman–Crippen LogP) is 9.16. The van der Waals surface area contributed by atoms with Crippen molar-refractivity contribution < 1.29 is 14.3 Å². The van der Waals surface area contributed by atoms with Gasteiger partial charge in [0, 0.05) is 70.3 Å². The van der Waals surface area contributed by atoms with Crippen LogP contribution in [0.25, 0.3) is 33.6 Å². The van der Waals surface area contributed by atoms with Crippen LogP contribution in [-0.4, -0.2) is 41.4 Å². The second-order valence-electron chi connectivity index (χ2n) is 12.4. The summed E-state index contributed by atoms with van der Waals surface area (Å²) in [7, 11) is 1.60. The Bertz CT molecular complexity index is 1830. The highest BCUT2D eigenvalue weighted by atomic mass is 35.5. The number of benzene rings is 2. The van der Waals surface area contributed by atoms with E-state index in [-0.39, 0.29) is 11.9 Å². The third-order valence-electron chi connectivity index (χ3n) is 9.15. The summed E-state index contributed by atoms with van der Waals surface area (Å²) in [5, 5.41) is 8.28. The monoisotopic (exact) mass is 724 g/mol. The first-order valence-electron chi connectivity index (χ1n) is 16.2. The van der Waals surface area contributed by atoms with Crippen molar-refractivity contribution in [1.29, 1.82) is 0 Å². The molecular weight excluding hydrogens is 690 g/mol. The molecule has 2 aromatic carbocycles. The Morgan fingerprint density at radius 3 is 2.21 bits per heavy atom. The minimum atomic E-state index is 0.111. The van der Waals surface area contributed by atoms with Crippen LogP contribution in [0.2, 0.25) is 20.2 Å². The maximum absolute atomic E-state index is 11.6. The Kier molecular flexibility index (Phi) is 11.2. The van der Waals surface area contributed by atoms with Crippen LogP contribution in [0, 0.1) is 5.92 Å². The van der Waals surface area contributed by atoms with E-state index in [9.17, 15) is 9.59 Å². The summed E-state index contributed by atoms with van der Waals surface area (Å²) in [5.74, 6) is 1.35. The fourth-order valence-electron chi connectivity index (χ4n) is 6.57. The van der Waals surface area contributed by atoms with Gasteiger partial charge in [-0.15, -0.1) is 0 Å². The number of pyridine rings is 2. The molecule has 2 aliphatic rings. The Labute approximate surface area is 300 Å². The lowest BCUT2D eigenvalue weighted by Crippen LogP contribution is -2.25. The summed E-state index contributed by atoms with van der Waals surface area (Å²) < 4.78 is 5.65. The highest BCUT2D eigenvalue weighted by Crippen LogP contribution is 2.43. The number of Topliss-reactive ketones (excluding diaryl/α,β-unsaturated/α-hetero) is 1. The van der Waals surface area contributed by atoms with Gasteiger partial charge in [-0.25, -0.2) is 9.97 Å². The van der Waals surface area contributed by atoms with E-state index in [0.717, 1.165) is 60.0 Å². The van der Waals surface area contributed by atoms with Gasteiger partial charge >= 0.3 is 0 Å². The third-order valence-corrected chi connectivity index (χ3v) is 10.6. The lowest BCUT2D eigenvalue weighted by molar-refractivity contribution is -0.119. The number of rotatable bonds is 12. The molecule has 1 saturated heterocycles. The molecule has 250 valence electrons. The van der Waals surface area contributed by atoms with Gasteiger partial charge in [0.05, 0.1) is 28.5 Å². The molecule has 1 aliphatic carbocycles. The van der Waals surface area contributed by atoms with E-state index >= 15 is 0 Å². The van der Waals surface area contributed by atoms with Gasteiger partial charge < -0.3 is 15.4 Å². The summed E-state index contributed by atoms with van der Waals surface area (Å²) in [4.78, 5) is 32.6. The van der Waals surface area contributed by atoms with Crippen LogP contribution in [0.5, 0.6) is 5.88 Å². The molecule has 7 nitrogen and oxygen atoms in total. The molecule has 2 aromatic heterocycles. The molecule has 4 aromatic rings. The van der Waals surface area contributed by atoms with E-state index in [4.69, 9.17) is 56.1 Å². The SMILES string of the molecule is COc1nc(-c2cccc(-c3cccc(-c4cc(Cl)c(CCC[C@@H]5CCC(=O)N5)c(Cl)n4)c3Cl)c2Cl)ccc1CNC[C@@H]1CCC(=O)C1. The lowest BCUT2D eigenvalue weighted by atomic mass is 9.97. The number of carbonyl (C=O) groups is 2. The first-order chi connectivity index (χ1) is 23.2. The zero-order valence-corrected chi connectivity index (χ0v) is 29.6. The van der Waals surface area contributed by atoms with Gasteiger partial charge in [-0.1, -0.05) is 88.9 Å². The van der Waals surface area contributed by atoms with Gasteiger partial charge in [0.15, 0.2) is 0 Å². The van der Waals surface area contributed by atoms with Gasteiger partial charge in [-0.05, 0) is 56.7 Å². The number of hydrogen-bond donors (Lipinski definition) is 2. The highest BCUT2D eigenvalue weighted by molar-refractivity contribution is 6.39. The molecule has 6 rings (SSSR count). The second kappa shape index (κ2) is 15.6. The number of aromatic nitrogens is 2. The summed E-state index contributed by atoms with van der Waals surface area (Å²) in [6, 6.07) is 17.4. The minimum absolute atomic E-state index is 0.111. The molecule has 48 heavy (non-hydrogen) atoms. The van der Waals surface area contributed by atoms with E-state index in [0.29, 0.717) is 87.0 Å². The van der Waals surface area contributed by atoms with Crippen LogP contribution in [0.15, 0.2) is 54.6 Å². The maximum Gasteiger partial charge on any atom is 0.220 e. The number of nitrogens with zero attached hydrogens (tertiary/aromatic N) is 2. The van der Waals surface area contributed by atoms with Crippen molar-refractivity contribution in [3.05, 3.63) is 85.9 Å². The molecule has 0 spiro atoms. The van der Waals surface area contributed by atoms with Crippen molar-refractivity contribution in [2.45, 2.75) is 64.0 Å². The lowest BCUT2D eigenvalue weighted by Gasteiger charge is -2.16. The van der Waals surface area contributed by atoms with Crippen LogP contribution < -0.4 is 15.4 Å². The molecule has 2 atom stereocenters. The van der Waals surface area contributed by atoms with Gasteiger partial charge in [0.2, 0.25) is 11.8 Å². The molecule has 2 N–H and O–H groups in total. The number of halogens is 4. The average molecular weight is 727 g/mol. The molecule has 1 amide bonds. The first kappa shape index (κ1) is 34.7. The third kappa shape index (κ3) is 7.82. The maximum atomic E-state index is 11.6. The molecular formula is C37H36Cl4N4O3. The van der Waals surface area contributed by atoms with E-state index < -0.39 is 0 Å². The van der Waals surface area contributed by atoms with E-state index in [1.807, 2.05) is 48.5 Å². The minimum Gasteiger partial charge on any atom is -0.481 e. The first-order valence-corrected chi connectivity index (χ1v) is 17.7. The molecule has 0 bridgehead atoms. The van der Waals surface area contributed by atoms with Gasteiger partial charge in [0.25, 0.3) is 0 Å². The van der Waals surface area contributed by atoms with Crippen molar-refractivity contribution in [2.75, 3.05) is 13.7 Å². The van der Waals surface area contributed by atoms with Crippen molar-refractivity contribution in [1.82, 2.24) is 20.6 Å².